The number of aromatic nitrogens is 2. The molecular formula is C30H32N4O3. The van der Waals surface area contributed by atoms with Crippen LogP contribution in [0.5, 0.6) is 5.75 Å². The Hall–Kier alpha value is -3.74. The van der Waals surface area contributed by atoms with E-state index >= 15 is 0 Å². The molecule has 6 rings (SSSR count). The maximum atomic E-state index is 13.5. The maximum absolute atomic E-state index is 13.5. The average Bonchev–Trinajstić information content (AvgIpc) is 3.82. The van der Waals surface area contributed by atoms with E-state index in [0.717, 1.165) is 72.7 Å². The molecule has 3 heterocycles. The molecule has 2 aromatic carbocycles. The molecule has 0 atom stereocenters. The van der Waals surface area contributed by atoms with Crippen LogP contribution >= 0.6 is 0 Å². The minimum Gasteiger partial charge on any atom is -0.496 e. The van der Waals surface area contributed by atoms with Crippen LogP contribution in [0.4, 0.5) is 5.82 Å². The highest BCUT2D eigenvalue weighted by Crippen LogP contribution is 2.37. The van der Waals surface area contributed by atoms with Crippen molar-refractivity contribution in [3.8, 4) is 16.9 Å². The topological polar surface area (TPSA) is 75.6 Å². The Morgan fingerprint density at radius 1 is 0.892 bits per heavy atom. The fourth-order valence-corrected chi connectivity index (χ4v) is 5.71. The van der Waals surface area contributed by atoms with Crippen molar-refractivity contribution in [1.29, 1.82) is 0 Å². The van der Waals surface area contributed by atoms with Gasteiger partial charge in [0.25, 0.3) is 5.91 Å². The number of anilines is 1. The molecule has 3 aromatic rings. The molecule has 7 nitrogen and oxygen atoms in total. The number of piperidine rings is 1. The first kappa shape index (κ1) is 23.6. The fourth-order valence-electron chi connectivity index (χ4n) is 5.71. The van der Waals surface area contributed by atoms with Gasteiger partial charge in [-0.05, 0) is 49.4 Å². The van der Waals surface area contributed by atoms with Gasteiger partial charge in [-0.3, -0.25) is 9.59 Å². The highest BCUT2D eigenvalue weighted by atomic mass is 16.5. The summed E-state index contributed by atoms with van der Waals surface area (Å²) in [6.07, 6.45) is 6.28. The van der Waals surface area contributed by atoms with Crippen LogP contribution in [0.3, 0.4) is 0 Å². The summed E-state index contributed by atoms with van der Waals surface area (Å²) in [5.41, 5.74) is 4.74. The Morgan fingerprint density at radius 3 is 2.35 bits per heavy atom. The van der Waals surface area contributed by atoms with Crippen LogP contribution in [0.15, 0.2) is 54.9 Å². The van der Waals surface area contributed by atoms with Gasteiger partial charge in [0, 0.05) is 54.6 Å². The van der Waals surface area contributed by atoms with Crippen LogP contribution in [0, 0.1) is 11.8 Å². The van der Waals surface area contributed by atoms with Gasteiger partial charge in [0.15, 0.2) is 0 Å². The lowest BCUT2D eigenvalue weighted by atomic mass is 9.90. The zero-order valence-electron chi connectivity index (χ0n) is 21.2. The van der Waals surface area contributed by atoms with Gasteiger partial charge >= 0.3 is 0 Å². The van der Waals surface area contributed by atoms with E-state index in [1.165, 1.54) is 0 Å². The third-order valence-corrected chi connectivity index (χ3v) is 7.99. The molecule has 0 spiro atoms. The Balaban J connectivity index is 1.16. The third-order valence-electron chi connectivity index (χ3n) is 7.99. The van der Waals surface area contributed by atoms with Crippen molar-refractivity contribution < 1.29 is 14.3 Å². The summed E-state index contributed by atoms with van der Waals surface area (Å²) < 4.78 is 5.49. The summed E-state index contributed by atoms with van der Waals surface area (Å²) in [5.74, 6) is 2.73. The molecule has 2 fully saturated rings. The van der Waals surface area contributed by atoms with Gasteiger partial charge in [-0.15, -0.1) is 0 Å². The van der Waals surface area contributed by atoms with E-state index in [4.69, 9.17) is 4.74 Å². The number of Topliss-reactive ketones (excluding diaryl/α,β-unsaturated/α-hetero) is 1. The highest BCUT2D eigenvalue weighted by molar-refractivity contribution is 5.95. The van der Waals surface area contributed by atoms with Crippen LogP contribution in [-0.4, -0.2) is 53.3 Å². The molecule has 1 saturated heterocycles. The lowest BCUT2D eigenvalue weighted by Crippen LogP contribution is -2.41. The van der Waals surface area contributed by atoms with E-state index in [9.17, 15) is 9.59 Å². The van der Waals surface area contributed by atoms with Crippen LogP contribution in [0.25, 0.3) is 11.1 Å². The molecule has 0 bridgehead atoms. The molecule has 1 aliphatic carbocycles. The quantitative estimate of drug-likeness (QED) is 0.499. The molecule has 1 saturated carbocycles. The monoisotopic (exact) mass is 496 g/mol. The molecule has 3 aliphatic rings. The molecular weight excluding hydrogens is 464 g/mol. The Kier molecular flexibility index (Phi) is 6.37. The second-order valence-electron chi connectivity index (χ2n) is 10.3. The number of amides is 1. The lowest BCUT2D eigenvalue weighted by molar-refractivity contribution is -0.124. The molecule has 37 heavy (non-hydrogen) atoms. The van der Waals surface area contributed by atoms with E-state index < -0.39 is 0 Å². The summed E-state index contributed by atoms with van der Waals surface area (Å²) in [5, 5.41) is 0. The van der Waals surface area contributed by atoms with Crippen LogP contribution in [0.2, 0.25) is 0 Å². The first-order chi connectivity index (χ1) is 18.1. The van der Waals surface area contributed by atoms with Crippen LogP contribution < -0.4 is 9.64 Å². The predicted octanol–water partition coefficient (Wildman–Crippen LogP) is 4.55. The third kappa shape index (κ3) is 4.70. The second-order valence-corrected chi connectivity index (χ2v) is 10.3. The number of ether oxygens (including phenoxy) is 1. The largest absolute Gasteiger partial charge is 0.496 e. The molecule has 1 amide bonds. The lowest BCUT2D eigenvalue weighted by Gasteiger charge is -2.36. The predicted molar refractivity (Wildman–Crippen MR) is 142 cm³/mol. The minimum absolute atomic E-state index is 0.0146. The van der Waals surface area contributed by atoms with E-state index in [-0.39, 0.29) is 11.8 Å². The zero-order valence-corrected chi connectivity index (χ0v) is 21.2. The second kappa shape index (κ2) is 9.96. The normalized spacial score (nSPS) is 17.9. The Bertz CT molecular complexity index is 1310. The van der Waals surface area contributed by atoms with Gasteiger partial charge in [0.05, 0.1) is 19.3 Å². The number of nitrogens with zero attached hydrogens (tertiary/aromatic N) is 4. The summed E-state index contributed by atoms with van der Waals surface area (Å²) in [6, 6.07) is 15.6. The van der Waals surface area contributed by atoms with Crippen molar-refractivity contribution in [1.82, 2.24) is 14.9 Å². The summed E-state index contributed by atoms with van der Waals surface area (Å²) in [4.78, 5) is 39.4. The molecule has 0 N–H and O–H groups in total. The molecule has 190 valence electrons. The number of carbonyl (C=O) groups excluding carboxylic acids is 2. The SMILES string of the molecule is COc1ccccc1-c1ccc(C(=O)N2CCc3ncnc(N4CCC(C(=O)C5CC5)CC4)c3C2)cc1. The fraction of sp³-hybridized carbons (Fsp3) is 0.400. The van der Waals surface area contributed by atoms with Gasteiger partial charge in [-0.25, -0.2) is 9.97 Å². The molecule has 1 aromatic heterocycles. The Labute approximate surface area is 217 Å². The van der Waals surface area contributed by atoms with Crippen LogP contribution in [0.1, 0.15) is 47.3 Å². The van der Waals surface area contributed by atoms with Gasteiger partial charge in [-0.2, -0.15) is 0 Å². The summed E-state index contributed by atoms with van der Waals surface area (Å²) in [7, 11) is 1.67. The molecule has 0 radical (unpaired) electrons. The number of carbonyl (C=O) groups is 2. The number of benzene rings is 2. The smallest absolute Gasteiger partial charge is 0.254 e. The van der Waals surface area contributed by atoms with E-state index in [1.54, 1.807) is 13.4 Å². The first-order valence-electron chi connectivity index (χ1n) is 13.3. The summed E-state index contributed by atoms with van der Waals surface area (Å²) >= 11 is 0. The minimum atomic E-state index is 0.0146. The molecule has 7 heteroatoms. The molecule has 0 unspecified atom stereocenters. The van der Waals surface area contributed by atoms with Crippen molar-refractivity contribution in [2.75, 3.05) is 31.6 Å². The number of hydrogen-bond donors (Lipinski definition) is 0. The van der Waals surface area contributed by atoms with E-state index in [2.05, 4.69) is 14.9 Å². The number of ketones is 1. The first-order valence-corrected chi connectivity index (χ1v) is 13.3. The van der Waals surface area contributed by atoms with Crippen molar-refractivity contribution in [3.05, 3.63) is 71.7 Å². The summed E-state index contributed by atoms with van der Waals surface area (Å²) in [6.45, 7) is 2.78. The number of rotatable bonds is 6. The van der Waals surface area contributed by atoms with Gasteiger partial charge in [0.2, 0.25) is 0 Å². The van der Waals surface area contributed by atoms with Crippen molar-refractivity contribution in [2.24, 2.45) is 11.8 Å². The van der Waals surface area contributed by atoms with E-state index in [1.807, 2.05) is 53.4 Å². The number of methoxy groups -OCH3 is 1. The van der Waals surface area contributed by atoms with Crippen molar-refractivity contribution in [2.45, 2.75) is 38.6 Å². The Morgan fingerprint density at radius 2 is 1.62 bits per heavy atom. The number of fused-ring (bicyclic) bond motifs is 1. The number of para-hydroxylation sites is 1. The van der Waals surface area contributed by atoms with Gasteiger partial charge in [-0.1, -0.05) is 30.3 Å². The van der Waals surface area contributed by atoms with Crippen molar-refractivity contribution in [3.63, 3.8) is 0 Å². The number of hydrogen-bond acceptors (Lipinski definition) is 6. The van der Waals surface area contributed by atoms with Crippen LogP contribution in [-0.2, 0) is 17.8 Å². The van der Waals surface area contributed by atoms with Gasteiger partial charge in [0.1, 0.15) is 23.7 Å². The van der Waals surface area contributed by atoms with Gasteiger partial charge < -0.3 is 14.5 Å². The average molecular weight is 497 g/mol. The maximum Gasteiger partial charge on any atom is 0.254 e. The van der Waals surface area contributed by atoms with E-state index in [0.29, 0.717) is 36.8 Å². The zero-order chi connectivity index (χ0) is 25.4. The standard InChI is InChI=1S/C30H32N4O3/c1-37-27-5-3-2-4-24(27)20-6-10-23(11-7-20)30(36)34-17-14-26-25(18-34)29(32-19-31-26)33-15-12-22(13-16-33)28(35)21-8-9-21/h2-7,10-11,19,21-22H,8-9,12-18H2,1H3. The van der Waals surface area contributed by atoms with Crippen molar-refractivity contribution >= 4 is 17.5 Å². The highest BCUT2D eigenvalue weighted by Gasteiger charge is 2.37. The molecule has 2 aliphatic heterocycles.